The van der Waals surface area contributed by atoms with E-state index in [4.69, 9.17) is 4.74 Å². The molecule has 0 N–H and O–H groups in total. The van der Waals surface area contributed by atoms with E-state index >= 15 is 0 Å². The number of hydrogen-bond donors (Lipinski definition) is 0. The van der Waals surface area contributed by atoms with Crippen molar-refractivity contribution < 1.29 is 4.74 Å². The van der Waals surface area contributed by atoms with Gasteiger partial charge in [-0.2, -0.15) is 11.3 Å². The summed E-state index contributed by atoms with van der Waals surface area (Å²) in [7, 11) is 2.19. The average molecular weight is 364 g/mol. The molecule has 1 aromatic heterocycles. The van der Waals surface area contributed by atoms with Gasteiger partial charge in [0.15, 0.2) is 0 Å². The number of rotatable bonds is 6. The molecule has 1 fully saturated rings. The van der Waals surface area contributed by atoms with Crippen LogP contribution >= 0.6 is 11.3 Å². The molecule has 0 bridgehead atoms. The standard InChI is InChI=1S/C23H25NOS/c1-24-13-2-3-22(24)16-25-23-10-6-19(7-11-23)15-18-4-8-20(9-5-18)21-12-14-26-17-21/h4-12,14,17,22H,2-3,13,15-16H2,1H3. The Morgan fingerprint density at radius 2 is 1.69 bits per heavy atom. The summed E-state index contributed by atoms with van der Waals surface area (Å²) in [5, 5.41) is 4.31. The third-order valence-electron chi connectivity index (χ3n) is 5.25. The number of likely N-dealkylation sites (N-methyl/N-ethyl adjacent to an activating group) is 1. The lowest BCUT2D eigenvalue weighted by Gasteiger charge is -2.19. The summed E-state index contributed by atoms with van der Waals surface area (Å²) in [5.74, 6) is 0.974. The van der Waals surface area contributed by atoms with Crippen LogP contribution in [-0.2, 0) is 6.42 Å². The number of ether oxygens (including phenoxy) is 1. The van der Waals surface area contributed by atoms with Crippen LogP contribution in [0.5, 0.6) is 5.75 Å². The summed E-state index contributed by atoms with van der Waals surface area (Å²) >= 11 is 1.74. The smallest absolute Gasteiger partial charge is 0.119 e. The quantitative estimate of drug-likeness (QED) is 0.575. The van der Waals surface area contributed by atoms with Crippen LogP contribution in [0.25, 0.3) is 11.1 Å². The van der Waals surface area contributed by atoms with E-state index in [2.05, 4.69) is 77.3 Å². The number of nitrogens with zero attached hydrogens (tertiary/aromatic N) is 1. The van der Waals surface area contributed by atoms with Crippen molar-refractivity contribution in [3.63, 3.8) is 0 Å². The van der Waals surface area contributed by atoms with E-state index in [9.17, 15) is 0 Å². The average Bonchev–Trinajstić information content (AvgIpc) is 3.34. The fourth-order valence-electron chi connectivity index (χ4n) is 3.57. The largest absolute Gasteiger partial charge is 0.492 e. The molecule has 2 nitrogen and oxygen atoms in total. The first kappa shape index (κ1) is 17.3. The van der Waals surface area contributed by atoms with E-state index in [1.54, 1.807) is 11.3 Å². The molecule has 0 spiro atoms. The summed E-state index contributed by atoms with van der Waals surface area (Å²) in [6, 6.07) is 20.2. The SMILES string of the molecule is CN1CCCC1COc1ccc(Cc2ccc(-c3ccsc3)cc2)cc1. The van der Waals surface area contributed by atoms with Crippen molar-refractivity contribution in [3.05, 3.63) is 76.5 Å². The minimum absolute atomic E-state index is 0.566. The Balaban J connectivity index is 1.33. The Morgan fingerprint density at radius 3 is 2.31 bits per heavy atom. The molecule has 1 saturated heterocycles. The lowest BCUT2D eigenvalue weighted by Crippen LogP contribution is -2.30. The highest BCUT2D eigenvalue weighted by molar-refractivity contribution is 7.08. The zero-order valence-electron chi connectivity index (χ0n) is 15.2. The minimum atomic E-state index is 0.566. The monoisotopic (exact) mass is 363 g/mol. The van der Waals surface area contributed by atoms with Crippen LogP contribution in [0.4, 0.5) is 0 Å². The topological polar surface area (TPSA) is 12.5 Å². The van der Waals surface area contributed by atoms with Gasteiger partial charge in [-0.1, -0.05) is 36.4 Å². The van der Waals surface area contributed by atoms with E-state index in [1.807, 2.05) is 0 Å². The van der Waals surface area contributed by atoms with Crippen molar-refractivity contribution in [2.45, 2.75) is 25.3 Å². The van der Waals surface area contributed by atoms with Crippen molar-refractivity contribution >= 4 is 11.3 Å². The van der Waals surface area contributed by atoms with E-state index in [0.29, 0.717) is 6.04 Å². The van der Waals surface area contributed by atoms with Crippen LogP contribution in [0.2, 0.25) is 0 Å². The van der Waals surface area contributed by atoms with Crippen LogP contribution in [0, 0.1) is 0 Å². The molecule has 0 amide bonds. The Kier molecular flexibility index (Phi) is 5.37. The minimum Gasteiger partial charge on any atom is -0.492 e. The zero-order valence-corrected chi connectivity index (χ0v) is 16.0. The van der Waals surface area contributed by atoms with Gasteiger partial charge < -0.3 is 9.64 Å². The number of hydrogen-bond acceptors (Lipinski definition) is 3. The van der Waals surface area contributed by atoms with Crippen molar-refractivity contribution in [1.82, 2.24) is 4.90 Å². The van der Waals surface area contributed by atoms with Gasteiger partial charge in [-0.05, 0) is 84.1 Å². The molecule has 3 aromatic rings. The van der Waals surface area contributed by atoms with Gasteiger partial charge in [-0.3, -0.25) is 0 Å². The van der Waals surface area contributed by atoms with Gasteiger partial charge in [0.05, 0.1) is 0 Å². The Morgan fingerprint density at radius 1 is 0.962 bits per heavy atom. The molecule has 3 heteroatoms. The Bertz CT molecular complexity index is 808. The van der Waals surface area contributed by atoms with E-state index in [-0.39, 0.29) is 0 Å². The van der Waals surface area contributed by atoms with Crippen LogP contribution in [0.3, 0.4) is 0 Å². The second-order valence-electron chi connectivity index (χ2n) is 7.12. The van der Waals surface area contributed by atoms with Crippen LogP contribution in [0.15, 0.2) is 65.4 Å². The van der Waals surface area contributed by atoms with Crippen molar-refractivity contribution in [2.75, 3.05) is 20.2 Å². The first-order valence-electron chi connectivity index (χ1n) is 9.31. The van der Waals surface area contributed by atoms with Gasteiger partial charge >= 0.3 is 0 Å². The Labute approximate surface area is 160 Å². The molecule has 26 heavy (non-hydrogen) atoms. The van der Waals surface area contributed by atoms with Gasteiger partial charge in [0.2, 0.25) is 0 Å². The van der Waals surface area contributed by atoms with E-state index in [1.165, 1.54) is 41.6 Å². The van der Waals surface area contributed by atoms with Gasteiger partial charge in [-0.25, -0.2) is 0 Å². The van der Waals surface area contributed by atoms with Gasteiger partial charge in [-0.15, -0.1) is 0 Å². The second-order valence-corrected chi connectivity index (χ2v) is 7.90. The molecule has 2 aromatic carbocycles. The molecule has 1 aliphatic rings. The van der Waals surface area contributed by atoms with Crippen molar-refractivity contribution in [3.8, 4) is 16.9 Å². The third-order valence-corrected chi connectivity index (χ3v) is 5.94. The molecule has 2 heterocycles. The first-order chi connectivity index (χ1) is 12.8. The molecule has 4 rings (SSSR count). The molecular weight excluding hydrogens is 338 g/mol. The van der Waals surface area contributed by atoms with E-state index in [0.717, 1.165) is 18.8 Å². The molecule has 134 valence electrons. The highest BCUT2D eigenvalue weighted by Crippen LogP contribution is 2.23. The number of benzene rings is 2. The summed E-state index contributed by atoms with van der Waals surface area (Å²) in [6.45, 7) is 1.98. The summed E-state index contributed by atoms with van der Waals surface area (Å²) in [4.78, 5) is 2.40. The second kappa shape index (κ2) is 8.07. The predicted octanol–water partition coefficient (Wildman–Crippen LogP) is 5.48. The lowest BCUT2D eigenvalue weighted by atomic mass is 10.0. The Hall–Kier alpha value is -2.10. The first-order valence-corrected chi connectivity index (χ1v) is 10.3. The van der Waals surface area contributed by atoms with E-state index < -0.39 is 0 Å². The third kappa shape index (κ3) is 4.17. The molecule has 0 radical (unpaired) electrons. The van der Waals surface area contributed by atoms with Crippen LogP contribution in [0.1, 0.15) is 24.0 Å². The van der Waals surface area contributed by atoms with Gasteiger partial charge in [0, 0.05) is 6.04 Å². The maximum Gasteiger partial charge on any atom is 0.119 e. The molecule has 0 aliphatic carbocycles. The normalized spacial score (nSPS) is 17.5. The van der Waals surface area contributed by atoms with Crippen LogP contribution < -0.4 is 4.74 Å². The maximum atomic E-state index is 5.98. The van der Waals surface area contributed by atoms with Gasteiger partial charge in [0.25, 0.3) is 0 Å². The van der Waals surface area contributed by atoms with Gasteiger partial charge in [0.1, 0.15) is 12.4 Å². The number of thiophene rings is 1. The number of likely N-dealkylation sites (tertiary alicyclic amines) is 1. The summed E-state index contributed by atoms with van der Waals surface area (Å²) < 4.78 is 5.98. The summed E-state index contributed by atoms with van der Waals surface area (Å²) in [5.41, 5.74) is 5.25. The maximum absolute atomic E-state index is 5.98. The molecular formula is C23H25NOS. The highest BCUT2D eigenvalue weighted by Gasteiger charge is 2.21. The molecule has 0 saturated carbocycles. The molecule has 1 aliphatic heterocycles. The highest BCUT2D eigenvalue weighted by atomic mass is 32.1. The van der Waals surface area contributed by atoms with Crippen LogP contribution in [-0.4, -0.2) is 31.1 Å². The zero-order chi connectivity index (χ0) is 17.8. The molecule has 1 atom stereocenters. The fourth-order valence-corrected chi connectivity index (χ4v) is 4.23. The van der Waals surface area contributed by atoms with Crippen molar-refractivity contribution in [1.29, 1.82) is 0 Å². The predicted molar refractivity (Wildman–Crippen MR) is 110 cm³/mol. The lowest BCUT2D eigenvalue weighted by molar-refractivity contribution is 0.198. The summed E-state index contributed by atoms with van der Waals surface area (Å²) in [6.07, 6.45) is 3.49. The van der Waals surface area contributed by atoms with Crippen molar-refractivity contribution in [2.24, 2.45) is 0 Å². The molecule has 1 unspecified atom stereocenters. The fraction of sp³-hybridized carbons (Fsp3) is 0.304.